The highest BCUT2D eigenvalue weighted by atomic mass is 16.6. The summed E-state index contributed by atoms with van der Waals surface area (Å²) in [4.78, 5) is 23.1. The maximum atomic E-state index is 11.7. The summed E-state index contributed by atoms with van der Waals surface area (Å²) >= 11 is 0. The fraction of sp³-hybridized carbons (Fsp3) is 0.750. The summed E-state index contributed by atoms with van der Waals surface area (Å²) in [6.45, 7) is 15.0. The molecule has 1 atom stereocenters. The van der Waals surface area contributed by atoms with E-state index in [2.05, 4.69) is 17.2 Å². The average molecular weight is 314 g/mol. The fourth-order valence-corrected chi connectivity index (χ4v) is 1.53. The number of hydrogen-bond donors (Lipinski definition) is 2. The number of ether oxygens (including phenoxy) is 2. The SMILES string of the molecule is C=CC(CCCNC(=O)OC(C)(C)C)NC(=O)OC(C)(C)C. The quantitative estimate of drug-likeness (QED) is 0.582. The van der Waals surface area contributed by atoms with E-state index in [0.717, 1.165) is 0 Å². The van der Waals surface area contributed by atoms with Gasteiger partial charge in [0.05, 0.1) is 6.04 Å². The van der Waals surface area contributed by atoms with Gasteiger partial charge in [-0.25, -0.2) is 9.59 Å². The zero-order valence-corrected chi connectivity index (χ0v) is 14.6. The van der Waals surface area contributed by atoms with Crippen molar-refractivity contribution in [2.24, 2.45) is 0 Å². The average Bonchev–Trinajstić information content (AvgIpc) is 2.28. The van der Waals surface area contributed by atoms with Crippen molar-refractivity contribution in [3.63, 3.8) is 0 Å². The third-order valence-corrected chi connectivity index (χ3v) is 2.35. The second kappa shape index (κ2) is 8.66. The molecule has 1 unspecified atom stereocenters. The maximum Gasteiger partial charge on any atom is 0.408 e. The zero-order valence-electron chi connectivity index (χ0n) is 14.6. The Morgan fingerprint density at radius 2 is 1.55 bits per heavy atom. The van der Waals surface area contributed by atoms with Crippen molar-refractivity contribution in [3.8, 4) is 0 Å². The van der Waals surface area contributed by atoms with E-state index in [1.165, 1.54) is 0 Å². The molecule has 0 aromatic rings. The Morgan fingerprint density at radius 1 is 1.05 bits per heavy atom. The number of amides is 2. The highest BCUT2D eigenvalue weighted by Crippen LogP contribution is 2.08. The van der Waals surface area contributed by atoms with Crippen molar-refractivity contribution in [3.05, 3.63) is 12.7 Å². The molecule has 0 heterocycles. The Labute approximate surface area is 133 Å². The number of alkyl carbamates (subject to hydrolysis) is 2. The minimum atomic E-state index is -0.534. The highest BCUT2D eigenvalue weighted by molar-refractivity contribution is 5.68. The second-order valence-electron chi connectivity index (χ2n) is 7.06. The van der Waals surface area contributed by atoms with Gasteiger partial charge >= 0.3 is 12.2 Å². The van der Waals surface area contributed by atoms with Crippen LogP contribution in [0.1, 0.15) is 54.4 Å². The predicted molar refractivity (Wildman–Crippen MR) is 86.8 cm³/mol. The van der Waals surface area contributed by atoms with Crippen LogP contribution in [0.2, 0.25) is 0 Å². The van der Waals surface area contributed by atoms with Crippen molar-refractivity contribution in [2.75, 3.05) is 6.54 Å². The van der Waals surface area contributed by atoms with Crippen LogP contribution in [-0.4, -0.2) is 36.0 Å². The van der Waals surface area contributed by atoms with E-state index in [1.54, 1.807) is 26.8 Å². The van der Waals surface area contributed by atoms with Gasteiger partial charge in [-0.05, 0) is 54.4 Å². The third-order valence-electron chi connectivity index (χ3n) is 2.35. The molecule has 6 nitrogen and oxygen atoms in total. The van der Waals surface area contributed by atoms with Crippen molar-refractivity contribution in [2.45, 2.75) is 71.6 Å². The molecule has 6 heteroatoms. The molecular weight excluding hydrogens is 284 g/mol. The number of rotatable bonds is 6. The molecule has 0 spiro atoms. The molecule has 0 aromatic heterocycles. The van der Waals surface area contributed by atoms with Crippen LogP contribution in [-0.2, 0) is 9.47 Å². The van der Waals surface area contributed by atoms with E-state index in [1.807, 2.05) is 20.8 Å². The van der Waals surface area contributed by atoms with Gasteiger partial charge < -0.3 is 20.1 Å². The zero-order chi connectivity index (χ0) is 17.4. The number of hydrogen-bond acceptors (Lipinski definition) is 4. The van der Waals surface area contributed by atoms with Gasteiger partial charge in [-0.15, -0.1) is 6.58 Å². The van der Waals surface area contributed by atoms with Crippen molar-refractivity contribution >= 4 is 12.2 Å². The minimum absolute atomic E-state index is 0.199. The molecule has 22 heavy (non-hydrogen) atoms. The smallest absolute Gasteiger partial charge is 0.408 e. The van der Waals surface area contributed by atoms with Gasteiger partial charge in [0.2, 0.25) is 0 Å². The van der Waals surface area contributed by atoms with E-state index in [9.17, 15) is 9.59 Å². The van der Waals surface area contributed by atoms with E-state index in [4.69, 9.17) is 9.47 Å². The van der Waals surface area contributed by atoms with E-state index in [-0.39, 0.29) is 6.04 Å². The standard InChI is InChI=1S/C16H30N2O4/c1-8-12(18-14(20)22-16(5,6)7)10-9-11-17-13(19)21-15(2,3)4/h8,12H,1,9-11H2,2-7H3,(H,17,19)(H,18,20). The van der Waals surface area contributed by atoms with E-state index in [0.29, 0.717) is 19.4 Å². The summed E-state index contributed by atoms with van der Waals surface area (Å²) < 4.78 is 10.3. The van der Waals surface area contributed by atoms with Gasteiger partial charge in [0, 0.05) is 6.54 Å². The van der Waals surface area contributed by atoms with Crippen molar-refractivity contribution < 1.29 is 19.1 Å². The van der Waals surface area contributed by atoms with Crippen LogP contribution in [0.25, 0.3) is 0 Å². The molecule has 0 fully saturated rings. The first-order valence-corrected chi connectivity index (χ1v) is 7.52. The Bertz CT molecular complexity index is 381. The lowest BCUT2D eigenvalue weighted by molar-refractivity contribution is 0.0497. The second-order valence-corrected chi connectivity index (χ2v) is 7.06. The third kappa shape index (κ3) is 12.1. The van der Waals surface area contributed by atoms with E-state index >= 15 is 0 Å². The summed E-state index contributed by atoms with van der Waals surface area (Å²) in [5.41, 5.74) is -1.04. The lowest BCUT2D eigenvalue weighted by Crippen LogP contribution is -2.38. The fourth-order valence-electron chi connectivity index (χ4n) is 1.53. The first kappa shape index (κ1) is 20.3. The molecule has 0 saturated carbocycles. The number of carbonyl (C=O) groups is 2. The lowest BCUT2D eigenvalue weighted by Gasteiger charge is -2.22. The molecule has 0 radical (unpaired) electrons. The molecule has 0 bridgehead atoms. The van der Waals surface area contributed by atoms with Crippen LogP contribution < -0.4 is 10.6 Å². The van der Waals surface area contributed by atoms with Crippen molar-refractivity contribution in [1.29, 1.82) is 0 Å². The van der Waals surface area contributed by atoms with Crippen LogP contribution in [0.4, 0.5) is 9.59 Å². The van der Waals surface area contributed by atoms with Crippen LogP contribution in [0.15, 0.2) is 12.7 Å². The van der Waals surface area contributed by atoms with Crippen molar-refractivity contribution in [1.82, 2.24) is 10.6 Å². The molecule has 2 amide bonds. The van der Waals surface area contributed by atoms with E-state index < -0.39 is 23.4 Å². The van der Waals surface area contributed by atoms with Gasteiger partial charge in [-0.2, -0.15) is 0 Å². The molecule has 0 aliphatic rings. The largest absolute Gasteiger partial charge is 0.444 e. The number of nitrogens with one attached hydrogen (secondary N) is 2. The Balaban J connectivity index is 3.99. The molecular formula is C16H30N2O4. The normalized spacial score (nSPS) is 13.0. The topological polar surface area (TPSA) is 76.7 Å². The number of carbonyl (C=O) groups excluding carboxylic acids is 2. The molecule has 0 aromatic carbocycles. The molecule has 0 aliphatic carbocycles. The lowest BCUT2D eigenvalue weighted by atomic mass is 10.1. The van der Waals surface area contributed by atoms with Gasteiger partial charge in [-0.1, -0.05) is 6.08 Å². The van der Waals surface area contributed by atoms with Gasteiger partial charge in [0.15, 0.2) is 0 Å². The van der Waals surface area contributed by atoms with Gasteiger partial charge in [-0.3, -0.25) is 0 Å². The summed E-state index contributed by atoms with van der Waals surface area (Å²) in [7, 11) is 0. The Morgan fingerprint density at radius 3 is 2.00 bits per heavy atom. The predicted octanol–water partition coefficient (Wildman–Crippen LogP) is 3.37. The summed E-state index contributed by atoms with van der Waals surface area (Å²) in [5.74, 6) is 0. The van der Waals surface area contributed by atoms with Gasteiger partial charge in [0.25, 0.3) is 0 Å². The Kier molecular flexibility index (Phi) is 7.98. The highest BCUT2D eigenvalue weighted by Gasteiger charge is 2.18. The molecule has 0 aliphatic heterocycles. The van der Waals surface area contributed by atoms with Crippen LogP contribution in [0.3, 0.4) is 0 Å². The maximum absolute atomic E-state index is 11.7. The minimum Gasteiger partial charge on any atom is -0.444 e. The summed E-state index contributed by atoms with van der Waals surface area (Å²) in [6.07, 6.45) is 2.07. The molecule has 0 rings (SSSR count). The van der Waals surface area contributed by atoms with Crippen LogP contribution >= 0.6 is 0 Å². The molecule has 0 saturated heterocycles. The first-order chi connectivity index (χ1) is 9.93. The van der Waals surface area contributed by atoms with Gasteiger partial charge in [0.1, 0.15) is 11.2 Å². The first-order valence-electron chi connectivity index (χ1n) is 7.52. The summed E-state index contributed by atoms with van der Waals surface area (Å²) in [5, 5.41) is 5.40. The molecule has 128 valence electrons. The van der Waals surface area contributed by atoms with Crippen LogP contribution in [0.5, 0.6) is 0 Å². The molecule has 2 N–H and O–H groups in total. The van der Waals surface area contributed by atoms with Crippen LogP contribution in [0, 0.1) is 0 Å². The summed E-state index contributed by atoms with van der Waals surface area (Å²) in [6, 6.07) is -0.199. The monoisotopic (exact) mass is 314 g/mol. The Hall–Kier alpha value is -1.72.